The second-order valence-electron chi connectivity index (χ2n) is 7.74. The van der Waals surface area contributed by atoms with Gasteiger partial charge in [0.1, 0.15) is 5.76 Å². The SMILES string of the molecule is O=C(Nc1ccc(S(=O)(=O)N2CCCCCC2)cc1)/C(=C\c1ccco1)c1ccccc1. The minimum atomic E-state index is -3.53. The first-order valence-electron chi connectivity index (χ1n) is 10.8. The Hall–Kier alpha value is -3.16. The largest absolute Gasteiger partial charge is 0.465 e. The highest BCUT2D eigenvalue weighted by atomic mass is 32.2. The summed E-state index contributed by atoms with van der Waals surface area (Å²) in [6.07, 6.45) is 7.13. The minimum Gasteiger partial charge on any atom is -0.465 e. The number of benzene rings is 2. The average molecular weight is 451 g/mol. The third-order valence-corrected chi connectivity index (χ3v) is 7.39. The first-order chi connectivity index (χ1) is 15.5. The summed E-state index contributed by atoms with van der Waals surface area (Å²) in [5.74, 6) is 0.258. The number of sulfonamides is 1. The molecule has 0 aliphatic carbocycles. The lowest BCUT2D eigenvalue weighted by atomic mass is 10.0. The van der Waals surface area contributed by atoms with Gasteiger partial charge in [-0.3, -0.25) is 4.79 Å². The molecule has 1 saturated heterocycles. The molecule has 4 rings (SSSR count). The second-order valence-corrected chi connectivity index (χ2v) is 9.67. The fourth-order valence-electron chi connectivity index (χ4n) is 3.75. The average Bonchev–Trinajstić information content (AvgIpc) is 3.17. The van der Waals surface area contributed by atoms with Gasteiger partial charge < -0.3 is 9.73 Å². The number of hydrogen-bond acceptors (Lipinski definition) is 4. The van der Waals surface area contributed by atoms with Gasteiger partial charge in [-0.1, -0.05) is 43.2 Å². The molecule has 2 aromatic carbocycles. The van der Waals surface area contributed by atoms with Crippen LogP contribution in [0.25, 0.3) is 11.6 Å². The molecule has 0 spiro atoms. The lowest BCUT2D eigenvalue weighted by Gasteiger charge is -2.20. The standard InChI is InChI=1S/C25H26N2O4S/c28-25(24(19-22-11-8-18-31-22)20-9-4-3-5-10-20)26-21-12-14-23(15-13-21)32(29,30)27-16-6-1-2-7-17-27/h3-5,8-15,18-19H,1-2,6-7,16-17H2,(H,26,28)/b24-19-. The third kappa shape index (κ3) is 5.18. The Kier molecular flexibility index (Phi) is 6.87. The number of nitrogens with zero attached hydrogens (tertiary/aromatic N) is 1. The Morgan fingerprint density at radius 3 is 2.19 bits per heavy atom. The van der Waals surface area contributed by atoms with Crippen molar-refractivity contribution in [2.45, 2.75) is 30.6 Å². The van der Waals surface area contributed by atoms with Crippen LogP contribution in [0.5, 0.6) is 0 Å². The van der Waals surface area contributed by atoms with Gasteiger partial charge in [-0.25, -0.2) is 8.42 Å². The number of carbonyl (C=O) groups excluding carboxylic acids is 1. The van der Waals surface area contributed by atoms with Gasteiger partial charge in [-0.15, -0.1) is 0 Å². The number of carbonyl (C=O) groups is 1. The third-order valence-electron chi connectivity index (χ3n) is 5.47. The summed E-state index contributed by atoms with van der Waals surface area (Å²) < 4.78 is 32.9. The smallest absolute Gasteiger partial charge is 0.256 e. The number of nitrogens with one attached hydrogen (secondary N) is 1. The summed E-state index contributed by atoms with van der Waals surface area (Å²) >= 11 is 0. The zero-order valence-corrected chi connectivity index (χ0v) is 18.6. The van der Waals surface area contributed by atoms with Gasteiger partial charge >= 0.3 is 0 Å². The van der Waals surface area contributed by atoms with E-state index in [1.54, 1.807) is 53.0 Å². The van der Waals surface area contributed by atoms with Crippen LogP contribution in [-0.4, -0.2) is 31.7 Å². The van der Waals surface area contributed by atoms with Crippen molar-refractivity contribution in [1.82, 2.24) is 4.31 Å². The molecule has 1 fully saturated rings. The van der Waals surface area contributed by atoms with Crippen molar-refractivity contribution >= 4 is 33.3 Å². The van der Waals surface area contributed by atoms with Crippen LogP contribution in [0.15, 0.2) is 82.3 Å². The lowest BCUT2D eigenvalue weighted by Crippen LogP contribution is -2.31. The van der Waals surface area contributed by atoms with Crippen molar-refractivity contribution in [1.29, 1.82) is 0 Å². The van der Waals surface area contributed by atoms with Gasteiger partial charge in [-0.2, -0.15) is 4.31 Å². The molecular weight excluding hydrogens is 424 g/mol. The summed E-state index contributed by atoms with van der Waals surface area (Å²) in [5, 5.41) is 2.86. The molecule has 0 atom stereocenters. The molecular formula is C25H26N2O4S. The maximum atomic E-state index is 13.1. The highest BCUT2D eigenvalue weighted by Gasteiger charge is 2.25. The summed E-state index contributed by atoms with van der Waals surface area (Å²) in [4.78, 5) is 13.3. The maximum absolute atomic E-state index is 13.1. The van der Waals surface area contributed by atoms with Crippen molar-refractivity contribution in [3.05, 3.63) is 84.3 Å². The van der Waals surface area contributed by atoms with Crippen molar-refractivity contribution in [3.63, 3.8) is 0 Å². The molecule has 1 amide bonds. The molecule has 3 aromatic rings. The van der Waals surface area contributed by atoms with Crippen molar-refractivity contribution < 1.29 is 17.6 Å². The van der Waals surface area contributed by atoms with E-state index in [9.17, 15) is 13.2 Å². The van der Waals surface area contributed by atoms with Crippen LogP contribution in [0.4, 0.5) is 5.69 Å². The van der Waals surface area contributed by atoms with E-state index >= 15 is 0 Å². The molecule has 0 saturated carbocycles. The van der Waals surface area contributed by atoms with Gasteiger partial charge in [0, 0.05) is 18.8 Å². The predicted octanol–water partition coefficient (Wildman–Crippen LogP) is 5.02. The molecule has 1 aliphatic heterocycles. The highest BCUT2D eigenvalue weighted by molar-refractivity contribution is 7.89. The van der Waals surface area contributed by atoms with Crippen LogP contribution in [-0.2, 0) is 14.8 Å². The zero-order chi connectivity index (χ0) is 22.4. The first-order valence-corrected chi connectivity index (χ1v) is 12.2. The van der Waals surface area contributed by atoms with Gasteiger partial charge in [0.25, 0.3) is 5.91 Å². The van der Waals surface area contributed by atoms with E-state index in [1.165, 1.54) is 0 Å². The first kappa shape index (κ1) is 22.0. The monoisotopic (exact) mass is 450 g/mol. The van der Waals surface area contributed by atoms with Gasteiger partial charge in [-0.05, 0) is 60.9 Å². The molecule has 1 aliphatic rings. The molecule has 32 heavy (non-hydrogen) atoms. The van der Waals surface area contributed by atoms with Crippen molar-refractivity contribution in [3.8, 4) is 0 Å². The van der Waals surface area contributed by atoms with Gasteiger partial charge in [0.05, 0.1) is 16.7 Å². The van der Waals surface area contributed by atoms with Crippen molar-refractivity contribution in [2.75, 3.05) is 18.4 Å². The van der Waals surface area contributed by atoms with E-state index < -0.39 is 10.0 Å². The van der Waals surface area contributed by atoms with E-state index in [0.29, 0.717) is 30.1 Å². The maximum Gasteiger partial charge on any atom is 0.256 e. The van der Waals surface area contributed by atoms with Crippen molar-refractivity contribution in [2.24, 2.45) is 0 Å². The van der Waals surface area contributed by atoms with Gasteiger partial charge in [0.2, 0.25) is 10.0 Å². The van der Waals surface area contributed by atoms with Crippen LogP contribution in [0.2, 0.25) is 0 Å². The number of furan rings is 1. The molecule has 7 heteroatoms. The van der Waals surface area contributed by atoms with Crippen LogP contribution in [0, 0.1) is 0 Å². The summed E-state index contributed by atoms with van der Waals surface area (Å²) in [6.45, 7) is 1.11. The zero-order valence-electron chi connectivity index (χ0n) is 17.7. The topological polar surface area (TPSA) is 79.6 Å². The van der Waals surface area contributed by atoms with Crippen LogP contribution >= 0.6 is 0 Å². The minimum absolute atomic E-state index is 0.242. The Morgan fingerprint density at radius 2 is 1.56 bits per heavy atom. The normalized spacial score (nSPS) is 15.8. The Bertz CT molecular complexity index is 1160. The Labute approximate surface area is 188 Å². The molecule has 6 nitrogen and oxygen atoms in total. The number of hydrogen-bond donors (Lipinski definition) is 1. The highest BCUT2D eigenvalue weighted by Crippen LogP contribution is 2.24. The van der Waals surface area contributed by atoms with E-state index in [2.05, 4.69) is 5.32 Å². The van der Waals surface area contributed by atoms with Crippen LogP contribution < -0.4 is 5.32 Å². The predicted molar refractivity (Wildman–Crippen MR) is 125 cm³/mol. The van der Waals surface area contributed by atoms with E-state index in [-0.39, 0.29) is 10.8 Å². The Balaban J connectivity index is 1.53. The Morgan fingerprint density at radius 1 is 0.875 bits per heavy atom. The van der Waals surface area contributed by atoms with E-state index in [0.717, 1.165) is 31.2 Å². The van der Waals surface area contributed by atoms with Crippen LogP contribution in [0.1, 0.15) is 37.0 Å². The summed E-state index contributed by atoms with van der Waals surface area (Å²) in [7, 11) is -3.53. The number of amides is 1. The number of rotatable bonds is 6. The fraction of sp³-hybridized carbons (Fsp3) is 0.240. The quantitative estimate of drug-likeness (QED) is 0.535. The van der Waals surface area contributed by atoms with Crippen LogP contribution in [0.3, 0.4) is 0 Å². The number of anilines is 1. The molecule has 0 bridgehead atoms. The fourth-order valence-corrected chi connectivity index (χ4v) is 5.27. The molecule has 0 unspecified atom stereocenters. The summed E-state index contributed by atoms with van der Waals surface area (Å²) in [5.41, 5.74) is 1.72. The molecule has 1 aromatic heterocycles. The molecule has 166 valence electrons. The molecule has 2 heterocycles. The molecule has 0 radical (unpaired) electrons. The summed E-state index contributed by atoms with van der Waals surface area (Å²) in [6, 6.07) is 19.2. The van der Waals surface area contributed by atoms with E-state index in [4.69, 9.17) is 4.42 Å². The lowest BCUT2D eigenvalue weighted by molar-refractivity contribution is -0.111. The molecule has 1 N–H and O–H groups in total. The van der Waals surface area contributed by atoms with E-state index in [1.807, 2.05) is 30.3 Å². The second kappa shape index (κ2) is 9.97. The van der Waals surface area contributed by atoms with Gasteiger partial charge in [0.15, 0.2) is 0 Å².